The molecular weight excluding hydrogens is 270 g/mol. The second-order valence-corrected chi connectivity index (χ2v) is 5.62. The second kappa shape index (κ2) is 5.46. The minimum absolute atomic E-state index is 0.519. The normalized spacial score (nSPS) is 10.7. The van der Waals surface area contributed by atoms with Crippen LogP contribution in [0.3, 0.4) is 0 Å². The Morgan fingerprint density at radius 2 is 2.05 bits per heavy atom. The molecule has 2 heterocycles. The molecule has 0 amide bonds. The molecule has 0 aliphatic heterocycles. The molecule has 0 saturated heterocycles. The predicted molar refractivity (Wildman–Crippen MR) is 79.8 cm³/mol. The molecule has 20 heavy (non-hydrogen) atoms. The Balaban J connectivity index is 1.69. The lowest BCUT2D eigenvalue weighted by molar-refractivity contribution is 0.297. The van der Waals surface area contributed by atoms with Crippen LogP contribution in [0.1, 0.15) is 10.7 Å². The molecule has 0 aliphatic rings. The van der Waals surface area contributed by atoms with Gasteiger partial charge in [0.15, 0.2) is 0 Å². The van der Waals surface area contributed by atoms with Gasteiger partial charge in [-0.1, -0.05) is 0 Å². The van der Waals surface area contributed by atoms with Crippen molar-refractivity contribution in [1.82, 2.24) is 14.5 Å². The standard InChI is InChI=1S/C15H15N3OS/c1-11-17-15(9-20-11)12-3-5-14(6-4-12)19-8-13-7-16-10-18(13)2/h3-7,9-10H,8H2,1-2H3. The monoisotopic (exact) mass is 285 g/mol. The zero-order chi connectivity index (χ0) is 13.9. The molecule has 0 radical (unpaired) electrons. The van der Waals surface area contributed by atoms with Gasteiger partial charge in [0.2, 0.25) is 0 Å². The van der Waals surface area contributed by atoms with Crippen molar-refractivity contribution in [3.8, 4) is 17.0 Å². The van der Waals surface area contributed by atoms with E-state index in [-0.39, 0.29) is 0 Å². The topological polar surface area (TPSA) is 39.9 Å². The van der Waals surface area contributed by atoms with E-state index in [9.17, 15) is 0 Å². The Kier molecular flexibility index (Phi) is 3.52. The summed E-state index contributed by atoms with van der Waals surface area (Å²) in [5.74, 6) is 0.849. The molecule has 5 heteroatoms. The lowest BCUT2D eigenvalue weighted by Gasteiger charge is -2.07. The highest BCUT2D eigenvalue weighted by atomic mass is 32.1. The highest BCUT2D eigenvalue weighted by Gasteiger charge is 2.03. The van der Waals surface area contributed by atoms with Crippen LogP contribution >= 0.6 is 11.3 Å². The smallest absolute Gasteiger partial charge is 0.130 e. The molecule has 0 aliphatic carbocycles. The van der Waals surface area contributed by atoms with Crippen LogP contribution < -0.4 is 4.74 Å². The van der Waals surface area contributed by atoms with Gasteiger partial charge in [0, 0.05) is 18.0 Å². The van der Waals surface area contributed by atoms with Gasteiger partial charge in [0.1, 0.15) is 12.4 Å². The van der Waals surface area contributed by atoms with Gasteiger partial charge in [-0.2, -0.15) is 0 Å². The first-order valence-electron chi connectivity index (χ1n) is 6.33. The highest BCUT2D eigenvalue weighted by molar-refractivity contribution is 7.09. The van der Waals surface area contributed by atoms with Crippen molar-refractivity contribution in [2.24, 2.45) is 7.05 Å². The summed E-state index contributed by atoms with van der Waals surface area (Å²) in [6, 6.07) is 8.01. The van der Waals surface area contributed by atoms with Gasteiger partial charge < -0.3 is 9.30 Å². The van der Waals surface area contributed by atoms with E-state index >= 15 is 0 Å². The number of hydrogen-bond acceptors (Lipinski definition) is 4. The van der Waals surface area contributed by atoms with E-state index in [4.69, 9.17) is 4.74 Å². The third kappa shape index (κ3) is 2.72. The largest absolute Gasteiger partial charge is 0.487 e. The molecular formula is C15H15N3OS. The third-order valence-electron chi connectivity index (χ3n) is 3.07. The van der Waals surface area contributed by atoms with Gasteiger partial charge in [-0.3, -0.25) is 0 Å². The Labute approximate surface area is 121 Å². The van der Waals surface area contributed by atoms with Gasteiger partial charge in [-0.05, 0) is 31.2 Å². The fourth-order valence-corrected chi connectivity index (χ4v) is 2.52. The molecule has 2 aromatic heterocycles. The lowest BCUT2D eigenvalue weighted by atomic mass is 10.2. The first-order valence-corrected chi connectivity index (χ1v) is 7.21. The maximum Gasteiger partial charge on any atom is 0.130 e. The second-order valence-electron chi connectivity index (χ2n) is 4.56. The quantitative estimate of drug-likeness (QED) is 0.737. The van der Waals surface area contributed by atoms with E-state index in [1.54, 1.807) is 17.7 Å². The van der Waals surface area contributed by atoms with Crippen molar-refractivity contribution < 1.29 is 4.74 Å². The van der Waals surface area contributed by atoms with Crippen LogP contribution in [0.25, 0.3) is 11.3 Å². The van der Waals surface area contributed by atoms with Crippen LogP contribution in [0.2, 0.25) is 0 Å². The summed E-state index contributed by atoms with van der Waals surface area (Å²) in [4.78, 5) is 8.54. The molecule has 1 aromatic carbocycles. The molecule has 0 unspecified atom stereocenters. The fraction of sp³-hybridized carbons (Fsp3) is 0.200. The number of imidazole rings is 1. The van der Waals surface area contributed by atoms with Gasteiger partial charge in [0.25, 0.3) is 0 Å². The number of thiazole rings is 1. The van der Waals surface area contributed by atoms with Crippen LogP contribution in [0.4, 0.5) is 0 Å². The Morgan fingerprint density at radius 1 is 1.25 bits per heavy atom. The van der Waals surface area contributed by atoms with Crippen molar-refractivity contribution >= 4 is 11.3 Å². The third-order valence-corrected chi connectivity index (χ3v) is 3.85. The molecule has 0 atom stereocenters. The van der Waals surface area contributed by atoms with Gasteiger partial charge in [0.05, 0.1) is 28.9 Å². The van der Waals surface area contributed by atoms with Crippen LogP contribution in [-0.2, 0) is 13.7 Å². The first kappa shape index (κ1) is 12.9. The highest BCUT2D eigenvalue weighted by Crippen LogP contribution is 2.24. The average Bonchev–Trinajstić information content (AvgIpc) is 3.06. The summed E-state index contributed by atoms with van der Waals surface area (Å²) < 4.78 is 7.70. The predicted octanol–water partition coefficient (Wildman–Crippen LogP) is 3.43. The molecule has 3 rings (SSSR count). The number of nitrogens with zero attached hydrogens (tertiary/aromatic N) is 3. The van der Waals surface area contributed by atoms with Gasteiger partial charge in [-0.25, -0.2) is 9.97 Å². The fourth-order valence-electron chi connectivity index (χ4n) is 1.90. The molecule has 0 bridgehead atoms. The van der Waals surface area contributed by atoms with Crippen LogP contribution in [0, 0.1) is 6.92 Å². The molecule has 102 valence electrons. The first-order chi connectivity index (χ1) is 9.72. The Morgan fingerprint density at radius 3 is 2.65 bits per heavy atom. The zero-order valence-electron chi connectivity index (χ0n) is 11.4. The maximum absolute atomic E-state index is 5.75. The number of ether oxygens (including phenoxy) is 1. The van der Waals surface area contributed by atoms with Crippen molar-refractivity contribution in [3.05, 3.63) is 52.9 Å². The number of rotatable bonds is 4. The van der Waals surface area contributed by atoms with E-state index in [0.717, 1.165) is 27.7 Å². The van der Waals surface area contributed by atoms with Crippen molar-refractivity contribution in [3.63, 3.8) is 0 Å². The molecule has 0 fully saturated rings. The summed E-state index contributed by atoms with van der Waals surface area (Å²) in [6.07, 6.45) is 3.58. The summed E-state index contributed by atoms with van der Waals surface area (Å²) in [7, 11) is 1.96. The Hall–Kier alpha value is -2.14. The minimum Gasteiger partial charge on any atom is -0.487 e. The van der Waals surface area contributed by atoms with Crippen molar-refractivity contribution in [1.29, 1.82) is 0 Å². The SMILES string of the molecule is Cc1nc(-c2ccc(OCc3cncn3C)cc2)cs1. The van der Waals surface area contributed by atoms with E-state index in [1.807, 2.05) is 49.0 Å². The van der Waals surface area contributed by atoms with Crippen LogP contribution in [-0.4, -0.2) is 14.5 Å². The van der Waals surface area contributed by atoms with Crippen LogP contribution in [0.15, 0.2) is 42.2 Å². The average molecular weight is 285 g/mol. The van der Waals surface area contributed by atoms with Crippen molar-refractivity contribution in [2.45, 2.75) is 13.5 Å². The summed E-state index contributed by atoms with van der Waals surface area (Å²) in [6.45, 7) is 2.53. The van der Waals surface area contributed by atoms with E-state index in [1.165, 1.54) is 0 Å². The van der Waals surface area contributed by atoms with Crippen LogP contribution in [0.5, 0.6) is 5.75 Å². The number of hydrogen-bond donors (Lipinski definition) is 0. The summed E-state index contributed by atoms with van der Waals surface area (Å²) in [5.41, 5.74) is 3.18. The number of aromatic nitrogens is 3. The van der Waals surface area contributed by atoms with E-state index < -0.39 is 0 Å². The number of benzene rings is 1. The molecule has 0 N–H and O–H groups in total. The zero-order valence-corrected chi connectivity index (χ0v) is 12.2. The number of aryl methyl sites for hydroxylation is 2. The summed E-state index contributed by atoms with van der Waals surface area (Å²) >= 11 is 1.66. The van der Waals surface area contributed by atoms with Gasteiger partial charge in [-0.15, -0.1) is 11.3 Å². The summed E-state index contributed by atoms with van der Waals surface area (Å²) in [5, 5.41) is 3.15. The molecule has 0 saturated carbocycles. The lowest BCUT2D eigenvalue weighted by Crippen LogP contribution is -2.00. The van der Waals surface area contributed by atoms with Crippen molar-refractivity contribution in [2.75, 3.05) is 0 Å². The Bertz CT molecular complexity index is 700. The van der Waals surface area contributed by atoms with E-state index in [0.29, 0.717) is 6.61 Å². The van der Waals surface area contributed by atoms with Gasteiger partial charge >= 0.3 is 0 Å². The van der Waals surface area contributed by atoms with E-state index in [2.05, 4.69) is 15.3 Å². The molecule has 4 nitrogen and oxygen atoms in total. The molecule has 3 aromatic rings. The minimum atomic E-state index is 0.519. The molecule has 0 spiro atoms. The maximum atomic E-state index is 5.75.